The summed E-state index contributed by atoms with van der Waals surface area (Å²) in [5.74, 6) is 0. The summed E-state index contributed by atoms with van der Waals surface area (Å²) in [6, 6.07) is 17.5. The van der Waals surface area contributed by atoms with Crippen LogP contribution >= 0.6 is 0 Å². The Morgan fingerprint density at radius 2 is 1.63 bits per heavy atom. The largest absolute Gasteiger partial charge is 0.256 e. The van der Waals surface area contributed by atoms with Crippen LogP contribution in [0.1, 0.15) is 22.3 Å². The molecule has 2 aromatic carbocycles. The van der Waals surface area contributed by atoms with Gasteiger partial charge in [0.1, 0.15) is 7.05 Å². The minimum Gasteiger partial charge on any atom is -0.256 e. The van der Waals surface area contributed by atoms with Crippen LogP contribution < -0.4 is 4.57 Å². The fourth-order valence-corrected chi connectivity index (χ4v) is 3.79. The predicted octanol–water partition coefficient (Wildman–Crippen LogP) is 5.63. The van der Waals surface area contributed by atoms with Crippen molar-refractivity contribution in [3.05, 3.63) is 83.2 Å². The number of aromatic nitrogens is 2. The maximum absolute atomic E-state index is 4.64. The lowest BCUT2D eigenvalue weighted by molar-refractivity contribution is -0.659. The summed E-state index contributed by atoms with van der Waals surface area (Å²) in [6.45, 7) is 8.63. The molecule has 0 unspecified atom stereocenters. The first-order chi connectivity index (χ1) is 12.9. The van der Waals surface area contributed by atoms with Gasteiger partial charge in [-0.1, -0.05) is 35.9 Å². The van der Waals surface area contributed by atoms with Gasteiger partial charge in [0.15, 0.2) is 6.20 Å². The molecule has 0 fully saturated rings. The summed E-state index contributed by atoms with van der Waals surface area (Å²) in [4.78, 5) is 4.64. The molecular formula is C25H25N2+. The van der Waals surface area contributed by atoms with Gasteiger partial charge in [0.2, 0.25) is 5.69 Å². The lowest BCUT2D eigenvalue weighted by Crippen LogP contribution is -2.30. The van der Waals surface area contributed by atoms with Gasteiger partial charge in [0, 0.05) is 23.4 Å². The average Bonchev–Trinajstić information content (AvgIpc) is 2.64. The number of aryl methyl sites for hydroxylation is 4. The molecule has 0 aliphatic heterocycles. The van der Waals surface area contributed by atoms with E-state index in [9.17, 15) is 0 Å². The van der Waals surface area contributed by atoms with E-state index < -0.39 is 0 Å². The normalized spacial score (nSPS) is 11.1. The number of rotatable bonds is 2. The molecule has 0 atom stereocenters. The highest BCUT2D eigenvalue weighted by Crippen LogP contribution is 2.31. The molecule has 2 aromatic heterocycles. The van der Waals surface area contributed by atoms with Crippen molar-refractivity contribution in [3.63, 3.8) is 0 Å². The molecule has 0 spiro atoms. The van der Waals surface area contributed by atoms with Crippen molar-refractivity contribution in [2.45, 2.75) is 27.7 Å². The van der Waals surface area contributed by atoms with Crippen LogP contribution in [0.2, 0.25) is 0 Å². The number of pyridine rings is 2. The third-order valence-corrected chi connectivity index (χ3v) is 5.41. The summed E-state index contributed by atoms with van der Waals surface area (Å²) in [7, 11) is 2.13. The van der Waals surface area contributed by atoms with Gasteiger partial charge in [0.25, 0.3) is 0 Å². The summed E-state index contributed by atoms with van der Waals surface area (Å²) < 4.78 is 2.24. The number of hydrogen-bond donors (Lipinski definition) is 0. The van der Waals surface area contributed by atoms with Gasteiger partial charge in [-0.05, 0) is 61.9 Å². The number of hydrogen-bond acceptors (Lipinski definition) is 1. The Balaban J connectivity index is 1.95. The zero-order valence-corrected chi connectivity index (χ0v) is 16.7. The zero-order chi connectivity index (χ0) is 19.1. The van der Waals surface area contributed by atoms with Crippen LogP contribution in [0.4, 0.5) is 0 Å². The van der Waals surface area contributed by atoms with Crippen molar-refractivity contribution < 1.29 is 4.57 Å². The molecule has 2 nitrogen and oxygen atoms in total. The fraction of sp³-hybridized carbons (Fsp3) is 0.200. The third-order valence-electron chi connectivity index (χ3n) is 5.41. The van der Waals surface area contributed by atoms with Gasteiger partial charge in [-0.2, -0.15) is 0 Å². The maximum Gasteiger partial charge on any atom is 0.213 e. The number of nitrogens with zero attached hydrogens (tertiary/aromatic N) is 2. The van der Waals surface area contributed by atoms with E-state index in [1.807, 2.05) is 6.20 Å². The molecule has 0 aliphatic carbocycles. The number of fused-ring (bicyclic) bond motifs is 1. The average molecular weight is 353 g/mol. The Morgan fingerprint density at radius 3 is 2.37 bits per heavy atom. The molecule has 0 amide bonds. The highest BCUT2D eigenvalue weighted by molar-refractivity contribution is 5.96. The Kier molecular flexibility index (Phi) is 4.27. The van der Waals surface area contributed by atoms with E-state index in [0.29, 0.717) is 0 Å². The van der Waals surface area contributed by atoms with Gasteiger partial charge in [-0.25, -0.2) is 4.57 Å². The van der Waals surface area contributed by atoms with Crippen LogP contribution in [0.15, 0.2) is 60.9 Å². The van der Waals surface area contributed by atoms with Crippen LogP contribution in [0.5, 0.6) is 0 Å². The van der Waals surface area contributed by atoms with Crippen LogP contribution in [0.3, 0.4) is 0 Å². The Labute approximate surface area is 161 Å². The smallest absolute Gasteiger partial charge is 0.213 e. The second kappa shape index (κ2) is 6.62. The van der Waals surface area contributed by atoms with E-state index in [1.165, 1.54) is 49.8 Å². The summed E-state index contributed by atoms with van der Waals surface area (Å²) in [6.07, 6.45) is 4.17. The first-order valence-corrected chi connectivity index (χ1v) is 9.37. The highest BCUT2D eigenvalue weighted by atomic mass is 14.9. The van der Waals surface area contributed by atoms with E-state index in [0.717, 1.165) is 5.69 Å². The Hall–Kier alpha value is -3.00. The van der Waals surface area contributed by atoms with Crippen molar-refractivity contribution in [2.75, 3.05) is 0 Å². The van der Waals surface area contributed by atoms with Gasteiger partial charge in [0.05, 0.1) is 11.1 Å². The quantitative estimate of drug-likeness (QED) is 0.427. The zero-order valence-electron chi connectivity index (χ0n) is 16.7. The van der Waals surface area contributed by atoms with Crippen molar-refractivity contribution in [3.8, 4) is 22.5 Å². The molecule has 27 heavy (non-hydrogen) atoms. The van der Waals surface area contributed by atoms with E-state index in [2.05, 4.69) is 99.0 Å². The lowest BCUT2D eigenvalue weighted by atomic mass is 9.95. The molecule has 134 valence electrons. The molecule has 4 aromatic rings. The lowest BCUT2D eigenvalue weighted by Gasteiger charge is -2.11. The first kappa shape index (κ1) is 17.4. The second-order valence-electron chi connectivity index (χ2n) is 7.55. The standard InChI is InChI=1S/C25H25N2/c1-16-9-10-24(26-14-16)21-8-6-7-20-13-25(27(5)15-23(20)21)22-12-17(2)11-18(3)19(22)4/h6-15H,1-5H3/q+1. The topological polar surface area (TPSA) is 16.8 Å². The second-order valence-corrected chi connectivity index (χ2v) is 7.55. The highest BCUT2D eigenvalue weighted by Gasteiger charge is 2.17. The molecule has 0 aliphatic rings. The predicted molar refractivity (Wildman–Crippen MR) is 113 cm³/mol. The molecule has 0 radical (unpaired) electrons. The van der Waals surface area contributed by atoms with E-state index in [4.69, 9.17) is 0 Å². The van der Waals surface area contributed by atoms with Gasteiger partial charge in [-0.3, -0.25) is 4.98 Å². The van der Waals surface area contributed by atoms with Crippen LogP contribution in [-0.2, 0) is 7.05 Å². The SMILES string of the molecule is Cc1ccc(-c2cccc3cc(-c4cc(C)cc(C)c4C)[n+](C)cc23)nc1. The van der Waals surface area contributed by atoms with Crippen molar-refractivity contribution in [2.24, 2.45) is 7.05 Å². The molecular weight excluding hydrogens is 328 g/mol. The summed E-state index contributed by atoms with van der Waals surface area (Å²) in [5, 5.41) is 2.46. The van der Waals surface area contributed by atoms with Crippen LogP contribution in [-0.4, -0.2) is 4.98 Å². The van der Waals surface area contributed by atoms with Crippen LogP contribution in [0, 0.1) is 27.7 Å². The Morgan fingerprint density at radius 1 is 0.815 bits per heavy atom. The molecule has 0 bridgehead atoms. The molecule has 0 saturated heterocycles. The third kappa shape index (κ3) is 3.12. The maximum atomic E-state index is 4.64. The fourth-order valence-electron chi connectivity index (χ4n) is 3.79. The minimum atomic E-state index is 1.02. The molecule has 2 heterocycles. The van der Waals surface area contributed by atoms with E-state index >= 15 is 0 Å². The first-order valence-electron chi connectivity index (χ1n) is 9.37. The molecule has 0 saturated carbocycles. The van der Waals surface area contributed by atoms with Crippen molar-refractivity contribution in [1.29, 1.82) is 0 Å². The molecule has 0 N–H and O–H groups in total. The van der Waals surface area contributed by atoms with Gasteiger partial charge in [-0.15, -0.1) is 0 Å². The van der Waals surface area contributed by atoms with Crippen molar-refractivity contribution in [1.82, 2.24) is 4.98 Å². The molecule has 2 heteroatoms. The Bertz CT molecular complexity index is 1160. The van der Waals surface area contributed by atoms with E-state index in [1.54, 1.807) is 0 Å². The molecule has 4 rings (SSSR count). The van der Waals surface area contributed by atoms with Crippen LogP contribution in [0.25, 0.3) is 33.3 Å². The summed E-state index contributed by atoms with van der Waals surface area (Å²) >= 11 is 0. The summed E-state index contributed by atoms with van der Waals surface area (Å²) in [5.41, 5.74) is 9.88. The van der Waals surface area contributed by atoms with Gasteiger partial charge >= 0.3 is 0 Å². The minimum absolute atomic E-state index is 1.02. The number of benzene rings is 2. The monoisotopic (exact) mass is 353 g/mol. The van der Waals surface area contributed by atoms with Gasteiger partial charge < -0.3 is 0 Å². The van der Waals surface area contributed by atoms with Crippen molar-refractivity contribution >= 4 is 10.8 Å². The van der Waals surface area contributed by atoms with E-state index in [-0.39, 0.29) is 0 Å².